The van der Waals surface area contributed by atoms with E-state index in [1.165, 1.54) is 18.0 Å². The number of carboxylic acids is 2. The molecular formula is C42H44ClF6N7O10S. The van der Waals surface area contributed by atoms with E-state index in [1.54, 1.807) is 48.5 Å². The summed E-state index contributed by atoms with van der Waals surface area (Å²) in [5, 5.41) is 35.4. The van der Waals surface area contributed by atoms with Crippen molar-refractivity contribution in [3.8, 4) is 40.5 Å². The summed E-state index contributed by atoms with van der Waals surface area (Å²) in [4.78, 5) is 51.9. The highest BCUT2D eigenvalue weighted by atomic mass is 35.5. The third kappa shape index (κ3) is 19.0. The van der Waals surface area contributed by atoms with Gasteiger partial charge in [-0.15, -0.1) is 0 Å². The molecule has 0 amide bonds. The van der Waals surface area contributed by atoms with Crippen LogP contribution >= 0.6 is 23.4 Å². The first-order valence-electron chi connectivity index (χ1n) is 19.4. The molecule has 2 aromatic heterocycles. The Labute approximate surface area is 388 Å². The molecule has 0 aliphatic rings. The van der Waals surface area contributed by atoms with Gasteiger partial charge in [-0.25, -0.2) is 19.6 Å². The number of ether oxygens (including phenoxy) is 3. The zero-order valence-corrected chi connectivity index (χ0v) is 37.4. The molecule has 17 nitrogen and oxygen atoms in total. The Bertz CT molecular complexity index is 2360. The minimum atomic E-state index is -5.08. The van der Waals surface area contributed by atoms with Gasteiger partial charge in [0.1, 0.15) is 65.9 Å². The Balaban J connectivity index is 0.000000952. The molecule has 0 radical (unpaired) electrons. The van der Waals surface area contributed by atoms with Crippen LogP contribution < -0.4 is 21.9 Å². The van der Waals surface area contributed by atoms with Crippen molar-refractivity contribution >= 4 is 53.1 Å². The first-order valence-corrected chi connectivity index (χ1v) is 20.7. The average Bonchev–Trinajstić information content (AvgIpc) is 3.72. The maximum Gasteiger partial charge on any atom is 0.490 e. The maximum atomic E-state index is 12.7. The molecule has 0 saturated carbocycles. The number of nitrogens with two attached hydrogens (primary N) is 3. The zero-order chi connectivity index (χ0) is 50.8. The fraction of sp³-hybridized carbons (Fsp3) is 0.381. The number of oxazole rings is 1. The van der Waals surface area contributed by atoms with Crippen LogP contribution in [-0.2, 0) is 34.4 Å². The Morgan fingerprint density at radius 1 is 0.791 bits per heavy atom. The summed E-state index contributed by atoms with van der Waals surface area (Å²) in [6, 6.07) is 16.2. The summed E-state index contributed by atoms with van der Waals surface area (Å²) in [7, 11) is 0. The molecular weight excluding hydrogens is 944 g/mol. The smallest absolute Gasteiger partial charge is 0.490 e. The van der Waals surface area contributed by atoms with Crippen LogP contribution in [0.25, 0.3) is 22.6 Å². The molecule has 8 N–H and O–H groups in total. The Hall–Kier alpha value is -6.60. The summed E-state index contributed by atoms with van der Waals surface area (Å²) >= 11 is 7.22. The van der Waals surface area contributed by atoms with Crippen LogP contribution in [0.5, 0.6) is 5.75 Å². The van der Waals surface area contributed by atoms with Crippen molar-refractivity contribution in [2.45, 2.75) is 81.9 Å². The number of esters is 2. The number of carbonyl (C=O) groups excluding carboxylic acids is 2. The van der Waals surface area contributed by atoms with E-state index >= 15 is 0 Å². The van der Waals surface area contributed by atoms with Gasteiger partial charge in [-0.3, -0.25) is 9.59 Å². The number of aliphatic carboxylic acids is 2. The minimum Gasteiger partial charge on any atom is -0.490 e. The van der Waals surface area contributed by atoms with Gasteiger partial charge >= 0.3 is 36.2 Å². The molecule has 2 aromatic carbocycles. The summed E-state index contributed by atoms with van der Waals surface area (Å²) in [6.45, 7) is 7.31. The monoisotopic (exact) mass is 987 g/mol. The van der Waals surface area contributed by atoms with E-state index in [4.69, 9.17) is 67.2 Å². The van der Waals surface area contributed by atoms with Crippen LogP contribution in [-0.4, -0.2) is 87.8 Å². The van der Waals surface area contributed by atoms with Crippen LogP contribution in [0.2, 0.25) is 5.02 Å². The largest absolute Gasteiger partial charge is 0.490 e. The van der Waals surface area contributed by atoms with Crippen LogP contribution in [0.1, 0.15) is 57.4 Å². The summed E-state index contributed by atoms with van der Waals surface area (Å²) in [6.07, 6.45) is -8.78. The molecule has 2 heterocycles. The Morgan fingerprint density at radius 3 is 1.76 bits per heavy atom. The number of anilines is 1. The zero-order valence-electron chi connectivity index (χ0n) is 35.9. The van der Waals surface area contributed by atoms with Gasteiger partial charge in [-0.05, 0) is 66.6 Å². The molecule has 3 atom stereocenters. The van der Waals surface area contributed by atoms with Crippen molar-refractivity contribution in [3.05, 3.63) is 76.6 Å². The van der Waals surface area contributed by atoms with Crippen LogP contribution in [0, 0.1) is 34.5 Å². The third-order valence-corrected chi connectivity index (χ3v) is 9.49. The molecule has 25 heteroatoms. The standard InChI is InChI=1S/C38H42ClN7O6S.2C2HF3O2/c1-21(2)13-31(42)37(47)51-19-28(52-38(48)32(43)14-22(3)4)18-49-27-11-7-23(8-12-27)33-29(15-40)34(44)46-36(30(33)16-41)53-20-26-17-50-35(45-26)24-5-9-25(39)10-6-24;2*3-2(4,5)1(6)7/h5-12,17,21-22,28,31-32H,13-14,18-20,42-43H2,1-4H3,(H2,44,46);2*(H,6,7)/t28-,31-,32?;;/m0../s1. The Morgan fingerprint density at radius 2 is 1.28 bits per heavy atom. The second-order valence-electron chi connectivity index (χ2n) is 14.7. The highest BCUT2D eigenvalue weighted by molar-refractivity contribution is 7.98. The summed E-state index contributed by atoms with van der Waals surface area (Å²) in [5.41, 5.74) is 20.6. The number of hydrogen-bond donors (Lipinski definition) is 5. The molecule has 4 rings (SSSR count). The number of nitrogen functional groups attached to an aromatic ring is 1. The molecule has 0 fully saturated rings. The number of halogens is 7. The number of thioether (sulfide) groups is 1. The molecule has 0 saturated heterocycles. The van der Waals surface area contributed by atoms with Crippen molar-refractivity contribution in [2.75, 3.05) is 18.9 Å². The topological polar surface area (TPSA) is 301 Å². The first kappa shape index (κ1) is 56.5. The van der Waals surface area contributed by atoms with Crippen LogP contribution in [0.3, 0.4) is 0 Å². The van der Waals surface area contributed by atoms with Gasteiger partial charge in [0.15, 0.2) is 6.10 Å². The van der Waals surface area contributed by atoms with E-state index < -0.39 is 54.4 Å². The predicted octanol–water partition coefficient (Wildman–Crippen LogP) is 7.52. The summed E-state index contributed by atoms with van der Waals surface area (Å²) < 4.78 is 86.0. The SMILES string of the molecule is CC(C)CC(N)C(=O)O[C@H](COC(=O)[C@@H](N)CC(C)C)COc1ccc(-c2c(C#N)c(N)nc(SCc3coc(-c4ccc(Cl)cc4)n3)c2C#N)cc1.O=C(O)C(F)(F)F.O=C(O)C(F)(F)F. The number of rotatable bonds is 17. The van der Waals surface area contributed by atoms with E-state index in [9.17, 15) is 46.5 Å². The summed E-state index contributed by atoms with van der Waals surface area (Å²) in [5.74, 6) is -5.36. The van der Waals surface area contributed by atoms with Gasteiger partial charge in [0.25, 0.3) is 0 Å². The second-order valence-corrected chi connectivity index (χ2v) is 16.1. The minimum absolute atomic E-state index is 0.0330. The van der Waals surface area contributed by atoms with Crippen LogP contribution in [0.4, 0.5) is 32.2 Å². The van der Waals surface area contributed by atoms with Crippen molar-refractivity contribution in [1.29, 1.82) is 10.5 Å². The predicted molar refractivity (Wildman–Crippen MR) is 229 cm³/mol. The van der Waals surface area contributed by atoms with Crippen molar-refractivity contribution in [3.63, 3.8) is 0 Å². The normalized spacial score (nSPS) is 12.5. The fourth-order valence-electron chi connectivity index (χ4n) is 5.20. The fourth-order valence-corrected chi connectivity index (χ4v) is 6.20. The van der Waals surface area contributed by atoms with Gasteiger partial charge in [-0.1, -0.05) is 63.2 Å². The number of carbonyl (C=O) groups is 4. The second kappa shape index (κ2) is 25.9. The number of aromatic nitrogens is 2. The van der Waals surface area contributed by atoms with Gasteiger partial charge < -0.3 is 46.0 Å². The van der Waals surface area contributed by atoms with E-state index in [1.807, 2.05) is 27.7 Å². The van der Waals surface area contributed by atoms with Gasteiger partial charge in [0.2, 0.25) is 5.89 Å². The molecule has 0 bridgehead atoms. The molecule has 1 unspecified atom stereocenters. The molecule has 0 aliphatic carbocycles. The molecule has 0 spiro atoms. The third-order valence-electron chi connectivity index (χ3n) is 8.23. The Kier molecular flexibility index (Phi) is 21.9. The highest BCUT2D eigenvalue weighted by Gasteiger charge is 2.39. The van der Waals surface area contributed by atoms with Crippen LogP contribution in [0.15, 0.2) is 64.2 Å². The number of nitriles is 2. The van der Waals surface area contributed by atoms with Crippen molar-refractivity contribution < 1.29 is 74.4 Å². The molecule has 362 valence electrons. The average molecular weight is 988 g/mol. The van der Waals surface area contributed by atoms with E-state index in [2.05, 4.69) is 22.1 Å². The number of alkyl halides is 6. The van der Waals surface area contributed by atoms with Crippen molar-refractivity contribution in [1.82, 2.24) is 9.97 Å². The van der Waals surface area contributed by atoms with Gasteiger partial charge in [0.05, 0.1) is 11.3 Å². The lowest BCUT2D eigenvalue weighted by Crippen LogP contribution is -2.41. The lowest BCUT2D eigenvalue weighted by molar-refractivity contribution is -0.193. The highest BCUT2D eigenvalue weighted by Crippen LogP contribution is 2.37. The molecule has 67 heavy (non-hydrogen) atoms. The quantitative estimate of drug-likeness (QED) is 0.0388. The van der Waals surface area contributed by atoms with Gasteiger partial charge in [0, 0.05) is 21.9 Å². The van der Waals surface area contributed by atoms with E-state index in [0.717, 1.165) is 5.56 Å². The number of pyridine rings is 1. The van der Waals surface area contributed by atoms with Crippen molar-refractivity contribution in [2.24, 2.45) is 23.3 Å². The van der Waals surface area contributed by atoms with E-state index in [-0.39, 0.29) is 42.0 Å². The number of nitrogens with zero attached hydrogens (tertiary/aromatic N) is 4. The lowest BCUT2D eigenvalue weighted by Gasteiger charge is -2.22. The van der Waals surface area contributed by atoms with E-state index in [0.29, 0.717) is 57.1 Å². The maximum absolute atomic E-state index is 12.7. The first-order chi connectivity index (χ1) is 31.2. The molecule has 0 aliphatic heterocycles. The number of carboxylic acid groups (broad SMARTS) is 2. The van der Waals surface area contributed by atoms with Gasteiger partial charge in [-0.2, -0.15) is 36.9 Å². The number of benzene rings is 2. The lowest BCUT2D eigenvalue weighted by atomic mass is 9.97. The number of hydrogen-bond acceptors (Lipinski definition) is 16. The molecule has 4 aromatic rings.